The SMILES string of the molecule is CNC(CCCN)C1CCCC1. The largest absolute Gasteiger partial charge is 0.330 e. The third-order valence-electron chi connectivity index (χ3n) is 3.06. The number of rotatable bonds is 5. The van der Waals surface area contributed by atoms with E-state index in [0.717, 1.165) is 18.5 Å². The van der Waals surface area contributed by atoms with Crippen molar-refractivity contribution in [3.8, 4) is 0 Å². The Morgan fingerprint density at radius 3 is 2.58 bits per heavy atom. The van der Waals surface area contributed by atoms with Crippen LogP contribution in [-0.2, 0) is 0 Å². The van der Waals surface area contributed by atoms with E-state index in [-0.39, 0.29) is 0 Å². The molecule has 2 nitrogen and oxygen atoms in total. The molecule has 1 atom stereocenters. The van der Waals surface area contributed by atoms with E-state index in [9.17, 15) is 0 Å². The molecule has 1 aliphatic rings. The van der Waals surface area contributed by atoms with Gasteiger partial charge in [-0.2, -0.15) is 0 Å². The normalized spacial score (nSPS) is 21.5. The molecule has 0 saturated heterocycles. The van der Waals surface area contributed by atoms with E-state index in [4.69, 9.17) is 5.73 Å². The van der Waals surface area contributed by atoms with Gasteiger partial charge < -0.3 is 11.1 Å². The molecule has 1 rings (SSSR count). The van der Waals surface area contributed by atoms with E-state index in [0.29, 0.717) is 0 Å². The summed E-state index contributed by atoms with van der Waals surface area (Å²) in [7, 11) is 2.08. The van der Waals surface area contributed by atoms with E-state index in [2.05, 4.69) is 12.4 Å². The summed E-state index contributed by atoms with van der Waals surface area (Å²) in [5.41, 5.74) is 5.50. The first-order chi connectivity index (χ1) is 5.88. The van der Waals surface area contributed by atoms with Crippen molar-refractivity contribution in [2.45, 2.75) is 44.6 Å². The molecule has 1 unspecified atom stereocenters. The van der Waals surface area contributed by atoms with Crippen molar-refractivity contribution in [1.82, 2.24) is 5.32 Å². The maximum Gasteiger partial charge on any atom is 0.00927 e. The second-order valence-electron chi connectivity index (χ2n) is 3.87. The highest BCUT2D eigenvalue weighted by Gasteiger charge is 2.22. The quantitative estimate of drug-likeness (QED) is 0.656. The molecule has 72 valence electrons. The van der Waals surface area contributed by atoms with Crippen LogP contribution in [-0.4, -0.2) is 19.6 Å². The molecule has 12 heavy (non-hydrogen) atoms. The molecule has 0 spiro atoms. The van der Waals surface area contributed by atoms with Crippen LogP contribution in [0.4, 0.5) is 0 Å². The summed E-state index contributed by atoms with van der Waals surface area (Å²) in [6.45, 7) is 0.838. The van der Waals surface area contributed by atoms with Gasteiger partial charge in [-0.1, -0.05) is 12.8 Å². The number of nitrogens with one attached hydrogen (secondary N) is 1. The molecule has 2 heteroatoms. The first kappa shape index (κ1) is 10.0. The van der Waals surface area contributed by atoms with Crippen molar-refractivity contribution < 1.29 is 0 Å². The van der Waals surface area contributed by atoms with Gasteiger partial charge in [-0.3, -0.25) is 0 Å². The minimum atomic E-state index is 0.732. The summed E-state index contributed by atoms with van der Waals surface area (Å²) in [5.74, 6) is 0.932. The van der Waals surface area contributed by atoms with E-state index in [1.807, 2.05) is 0 Å². The minimum Gasteiger partial charge on any atom is -0.330 e. The Kier molecular flexibility index (Phi) is 4.62. The molecular weight excluding hydrogens is 148 g/mol. The fourth-order valence-corrected chi connectivity index (χ4v) is 2.31. The van der Waals surface area contributed by atoms with Gasteiger partial charge >= 0.3 is 0 Å². The number of nitrogens with two attached hydrogens (primary N) is 1. The third kappa shape index (κ3) is 2.76. The molecule has 0 radical (unpaired) electrons. The van der Waals surface area contributed by atoms with E-state index >= 15 is 0 Å². The van der Waals surface area contributed by atoms with Crippen molar-refractivity contribution in [3.05, 3.63) is 0 Å². The topological polar surface area (TPSA) is 38.0 Å². The fraction of sp³-hybridized carbons (Fsp3) is 1.00. The van der Waals surface area contributed by atoms with Crippen molar-refractivity contribution >= 4 is 0 Å². The highest BCUT2D eigenvalue weighted by atomic mass is 14.9. The van der Waals surface area contributed by atoms with Gasteiger partial charge in [-0.25, -0.2) is 0 Å². The predicted molar refractivity (Wildman–Crippen MR) is 53.1 cm³/mol. The molecule has 0 aliphatic heterocycles. The first-order valence-corrected chi connectivity index (χ1v) is 5.26. The maximum atomic E-state index is 5.50. The van der Waals surface area contributed by atoms with Gasteiger partial charge in [0.25, 0.3) is 0 Å². The lowest BCUT2D eigenvalue weighted by Gasteiger charge is -2.22. The van der Waals surface area contributed by atoms with Gasteiger partial charge in [0.2, 0.25) is 0 Å². The smallest absolute Gasteiger partial charge is 0.00927 e. The molecule has 0 bridgehead atoms. The van der Waals surface area contributed by atoms with Crippen LogP contribution in [0.15, 0.2) is 0 Å². The second-order valence-corrected chi connectivity index (χ2v) is 3.87. The van der Waals surface area contributed by atoms with Crippen molar-refractivity contribution in [2.24, 2.45) is 11.7 Å². The average molecular weight is 170 g/mol. The Labute approximate surface area is 75.9 Å². The van der Waals surface area contributed by atoms with Gasteiger partial charge in [0.1, 0.15) is 0 Å². The Hall–Kier alpha value is -0.0800. The first-order valence-electron chi connectivity index (χ1n) is 5.26. The molecular formula is C10H22N2. The van der Waals surface area contributed by atoms with Crippen LogP contribution in [0.5, 0.6) is 0 Å². The Balaban J connectivity index is 2.22. The zero-order chi connectivity index (χ0) is 8.81. The van der Waals surface area contributed by atoms with Gasteiger partial charge in [-0.15, -0.1) is 0 Å². The maximum absolute atomic E-state index is 5.50. The molecule has 0 aromatic carbocycles. The fourth-order valence-electron chi connectivity index (χ4n) is 2.31. The second kappa shape index (κ2) is 5.55. The van der Waals surface area contributed by atoms with Gasteiger partial charge in [0, 0.05) is 6.04 Å². The molecule has 1 saturated carbocycles. The van der Waals surface area contributed by atoms with Crippen molar-refractivity contribution in [3.63, 3.8) is 0 Å². The Morgan fingerprint density at radius 1 is 1.42 bits per heavy atom. The van der Waals surface area contributed by atoms with Crippen LogP contribution in [0, 0.1) is 5.92 Å². The molecule has 1 aliphatic carbocycles. The lowest BCUT2D eigenvalue weighted by Crippen LogP contribution is -2.32. The van der Waals surface area contributed by atoms with Gasteiger partial charge in [0.05, 0.1) is 0 Å². The summed E-state index contributed by atoms with van der Waals surface area (Å²) < 4.78 is 0. The zero-order valence-corrected chi connectivity index (χ0v) is 8.18. The molecule has 0 amide bonds. The Bertz CT molecular complexity index is 108. The van der Waals surface area contributed by atoms with Crippen LogP contribution >= 0.6 is 0 Å². The summed E-state index contributed by atoms with van der Waals surface area (Å²) in [4.78, 5) is 0. The standard InChI is InChI=1S/C10H22N2/c1-12-10(7-4-8-11)9-5-2-3-6-9/h9-10,12H,2-8,11H2,1H3. The zero-order valence-electron chi connectivity index (χ0n) is 8.18. The van der Waals surface area contributed by atoms with Crippen molar-refractivity contribution in [1.29, 1.82) is 0 Å². The molecule has 1 fully saturated rings. The summed E-state index contributed by atoms with van der Waals surface area (Å²) in [6, 6.07) is 0.732. The lowest BCUT2D eigenvalue weighted by molar-refractivity contribution is 0.354. The molecule has 3 N–H and O–H groups in total. The highest BCUT2D eigenvalue weighted by molar-refractivity contribution is 4.79. The molecule has 0 heterocycles. The number of hydrogen-bond acceptors (Lipinski definition) is 2. The minimum absolute atomic E-state index is 0.732. The highest BCUT2D eigenvalue weighted by Crippen LogP contribution is 2.29. The van der Waals surface area contributed by atoms with Crippen molar-refractivity contribution in [2.75, 3.05) is 13.6 Å². The van der Waals surface area contributed by atoms with Gasteiger partial charge in [0.15, 0.2) is 0 Å². The molecule has 0 aromatic heterocycles. The summed E-state index contributed by atoms with van der Waals surface area (Å²) >= 11 is 0. The predicted octanol–water partition coefficient (Wildman–Crippen LogP) is 1.50. The van der Waals surface area contributed by atoms with Crippen LogP contribution in [0.1, 0.15) is 38.5 Å². The van der Waals surface area contributed by atoms with Crippen LogP contribution in [0.2, 0.25) is 0 Å². The summed E-state index contributed by atoms with van der Waals surface area (Å²) in [5, 5.41) is 3.42. The van der Waals surface area contributed by atoms with E-state index < -0.39 is 0 Å². The van der Waals surface area contributed by atoms with Crippen LogP contribution < -0.4 is 11.1 Å². The van der Waals surface area contributed by atoms with Crippen LogP contribution in [0.3, 0.4) is 0 Å². The number of hydrogen-bond donors (Lipinski definition) is 2. The van der Waals surface area contributed by atoms with E-state index in [1.54, 1.807) is 0 Å². The van der Waals surface area contributed by atoms with E-state index in [1.165, 1.54) is 38.5 Å². The lowest BCUT2D eigenvalue weighted by atomic mass is 9.94. The average Bonchev–Trinajstić information content (AvgIpc) is 2.59. The third-order valence-corrected chi connectivity index (χ3v) is 3.06. The van der Waals surface area contributed by atoms with Crippen LogP contribution in [0.25, 0.3) is 0 Å². The summed E-state index contributed by atoms with van der Waals surface area (Å²) in [6.07, 6.45) is 8.16. The molecule has 0 aromatic rings. The van der Waals surface area contributed by atoms with Gasteiger partial charge in [-0.05, 0) is 45.2 Å². The monoisotopic (exact) mass is 170 g/mol. The Morgan fingerprint density at radius 2 is 2.08 bits per heavy atom.